The quantitative estimate of drug-likeness (QED) is 0.656. The van der Waals surface area contributed by atoms with E-state index >= 15 is 0 Å². The summed E-state index contributed by atoms with van der Waals surface area (Å²) in [6.45, 7) is 6.54. The lowest BCUT2D eigenvalue weighted by molar-refractivity contribution is -0.129. The first-order valence-corrected chi connectivity index (χ1v) is 10.8. The summed E-state index contributed by atoms with van der Waals surface area (Å²) in [6.07, 6.45) is 3.05. The molecule has 1 fully saturated rings. The van der Waals surface area contributed by atoms with Crippen LogP contribution in [0.5, 0.6) is 0 Å². The molecule has 7 heteroatoms. The van der Waals surface area contributed by atoms with Gasteiger partial charge in [0.15, 0.2) is 11.5 Å². The van der Waals surface area contributed by atoms with Gasteiger partial charge in [-0.1, -0.05) is 31.2 Å². The second-order valence-electron chi connectivity index (χ2n) is 7.87. The van der Waals surface area contributed by atoms with Crippen LogP contribution in [0.4, 0.5) is 0 Å². The van der Waals surface area contributed by atoms with Crippen molar-refractivity contribution < 1.29 is 23.8 Å². The molecule has 3 heterocycles. The first kappa shape index (κ1) is 21.3. The number of morpholine rings is 1. The lowest BCUT2D eigenvalue weighted by Gasteiger charge is -2.30. The summed E-state index contributed by atoms with van der Waals surface area (Å²) in [5, 5.41) is 10.7. The smallest absolute Gasteiger partial charge is 0.290 e. The molecule has 164 valence electrons. The lowest BCUT2D eigenvalue weighted by atomic mass is 9.94. The predicted molar refractivity (Wildman–Crippen MR) is 115 cm³/mol. The molecule has 0 radical (unpaired) electrons. The Labute approximate surface area is 181 Å². The van der Waals surface area contributed by atoms with Crippen molar-refractivity contribution in [2.24, 2.45) is 0 Å². The molecule has 1 aromatic carbocycles. The summed E-state index contributed by atoms with van der Waals surface area (Å²) >= 11 is 0. The number of Topliss-reactive ketones (excluding diaryl/α,β-unsaturated/α-hetero) is 1. The van der Waals surface area contributed by atoms with E-state index in [0.717, 1.165) is 51.3 Å². The number of hydrogen-bond donors (Lipinski definition) is 1. The third-order valence-corrected chi connectivity index (χ3v) is 5.97. The number of carbonyl (C=O) groups is 2. The zero-order valence-electron chi connectivity index (χ0n) is 17.8. The molecule has 31 heavy (non-hydrogen) atoms. The van der Waals surface area contributed by atoms with Crippen LogP contribution in [0.1, 0.15) is 41.1 Å². The number of aryl methyl sites for hydroxylation is 1. The van der Waals surface area contributed by atoms with Gasteiger partial charge in [0.25, 0.3) is 5.91 Å². The summed E-state index contributed by atoms with van der Waals surface area (Å²) < 4.78 is 10.7. The Morgan fingerprint density at radius 1 is 1.13 bits per heavy atom. The molecule has 2 aliphatic heterocycles. The predicted octanol–water partition coefficient (Wildman–Crippen LogP) is 3.14. The molecule has 2 aliphatic rings. The standard InChI is InChI=1S/C24H28N2O5/c1-2-17-6-8-18(9-7-17)21-20(22(27)19-5-3-14-31-19)23(28)24(29)26(21)11-4-10-25-12-15-30-16-13-25/h3,5-9,14,21,28H,2,4,10-13,15-16H2,1H3/t21-/m0/s1. The highest BCUT2D eigenvalue weighted by atomic mass is 16.5. The molecule has 1 amide bonds. The molecule has 1 atom stereocenters. The van der Waals surface area contributed by atoms with Gasteiger partial charge >= 0.3 is 0 Å². The number of amides is 1. The van der Waals surface area contributed by atoms with Crippen LogP contribution in [0.3, 0.4) is 0 Å². The van der Waals surface area contributed by atoms with Gasteiger partial charge in [0.05, 0.1) is 31.1 Å². The van der Waals surface area contributed by atoms with Crippen LogP contribution in [0.15, 0.2) is 58.4 Å². The second-order valence-corrected chi connectivity index (χ2v) is 7.87. The summed E-state index contributed by atoms with van der Waals surface area (Å²) in [5.41, 5.74) is 2.05. The maximum absolute atomic E-state index is 13.1. The second kappa shape index (κ2) is 9.49. The lowest BCUT2D eigenvalue weighted by Crippen LogP contribution is -2.39. The van der Waals surface area contributed by atoms with E-state index in [-0.39, 0.29) is 11.3 Å². The molecule has 0 spiro atoms. The Kier molecular flexibility index (Phi) is 6.53. The van der Waals surface area contributed by atoms with E-state index in [1.54, 1.807) is 17.0 Å². The highest BCUT2D eigenvalue weighted by molar-refractivity contribution is 6.15. The van der Waals surface area contributed by atoms with Gasteiger partial charge in [-0.3, -0.25) is 14.5 Å². The molecule has 0 saturated carbocycles. The van der Waals surface area contributed by atoms with E-state index in [4.69, 9.17) is 9.15 Å². The van der Waals surface area contributed by atoms with E-state index in [9.17, 15) is 14.7 Å². The normalized spacial score (nSPS) is 20.0. The van der Waals surface area contributed by atoms with E-state index in [1.165, 1.54) is 11.8 Å². The SMILES string of the molecule is CCc1ccc([C@H]2C(C(=O)c3ccco3)=C(O)C(=O)N2CCCN2CCOCC2)cc1. The van der Waals surface area contributed by atoms with E-state index in [2.05, 4.69) is 11.8 Å². The van der Waals surface area contributed by atoms with E-state index in [0.29, 0.717) is 6.54 Å². The van der Waals surface area contributed by atoms with Crippen molar-refractivity contribution in [3.8, 4) is 0 Å². The van der Waals surface area contributed by atoms with Gasteiger partial charge in [-0.2, -0.15) is 0 Å². The van der Waals surface area contributed by atoms with Gasteiger partial charge < -0.3 is 19.2 Å². The number of ether oxygens (including phenoxy) is 1. The van der Waals surface area contributed by atoms with Crippen LogP contribution >= 0.6 is 0 Å². The first-order valence-electron chi connectivity index (χ1n) is 10.8. The summed E-state index contributed by atoms with van der Waals surface area (Å²) in [5.74, 6) is -1.35. The van der Waals surface area contributed by atoms with Crippen LogP contribution in [-0.2, 0) is 16.0 Å². The minimum absolute atomic E-state index is 0.0792. The minimum atomic E-state index is -0.638. The average molecular weight is 424 g/mol. The average Bonchev–Trinajstić information content (AvgIpc) is 3.43. The Morgan fingerprint density at radius 3 is 2.52 bits per heavy atom. The van der Waals surface area contributed by atoms with Gasteiger partial charge in [-0.05, 0) is 36.1 Å². The van der Waals surface area contributed by atoms with Crippen LogP contribution in [0.25, 0.3) is 0 Å². The Bertz CT molecular complexity index is 943. The van der Waals surface area contributed by atoms with Gasteiger partial charge in [0.2, 0.25) is 5.78 Å². The number of aliphatic hydroxyl groups is 1. The zero-order chi connectivity index (χ0) is 21.8. The van der Waals surface area contributed by atoms with Crippen molar-refractivity contribution in [3.63, 3.8) is 0 Å². The zero-order valence-corrected chi connectivity index (χ0v) is 17.8. The van der Waals surface area contributed by atoms with Gasteiger partial charge in [-0.25, -0.2) is 0 Å². The molecule has 1 saturated heterocycles. The number of ketones is 1. The fraction of sp³-hybridized carbons (Fsp3) is 0.417. The van der Waals surface area contributed by atoms with E-state index < -0.39 is 23.5 Å². The molecule has 4 rings (SSSR count). The number of nitrogens with zero attached hydrogens (tertiary/aromatic N) is 2. The van der Waals surface area contributed by atoms with Crippen molar-refractivity contribution in [2.75, 3.05) is 39.4 Å². The van der Waals surface area contributed by atoms with Gasteiger partial charge in [0, 0.05) is 26.2 Å². The fourth-order valence-electron chi connectivity index (χ4n) is 4.23. The maximum atomic E-state index is 13.1. The summed E-state index contributed by atoms with van der Waals surface area (Å²) in [7, 11) is 0. The molecule has 7 nitrogen and oxygen atoms in total. The molecule has 0 bridgehead atoms. The van der Waals surface area contributed by atoms with Crippen molar-refractivity contribution in [3.05, 3.63) is 70.9 Å². The molecule has 1 aromatic heterocycles. The molecule has 0 unspecified atom stereocenters. The van der Waals surface area contributed by atoms with Crippen LogP contribution in [-0.4, -0.2) is 66.0 Å². The Morgan fingerprint density at radius 2 is 1.87 bits per heavy atom. The number of aliphatic hydroxyl groups excluding tert-OH is 1. The molecular formula is C24H28N2O5. The van der Waals surface area contributed by atoms with Crippen LogP contribution in [0.2, 0.25) is 0 Å². The summed E-state index contributed by atoms with van der Waals surface area (Å²) in [4.78, 5) is 30.0. The van der Waals surface area contributed by atoms with E-state index in [1.807, 2.05) is 24.3 Å². The number of hydrogen-bond acceptors (Lipinski definition) is 6. The molecule has 0 aliphatic carbocycles. The third-order valence-electron chi connectivity index (χ3n) is 5.97. The number of rotatable bonds is 8. The van der Waals surface area contributed by atoms with Crippen molar-refractivity contribution in [1.29, 1.82) is 0 Å². The van der Waals surface area contributed by atoms with Crippen molar-refractivity contribution >= 4 is 11.7 Å². The van der Waals surface area contributed by atoms with Crippen LogP contribution < -0.4 is 0 Å². The summed E-state index contributed by atoms with van der Waals surface area (Å²) in [6, 6.07) is 10.4. The highest BCUT2D eigenvalue weighted by Gasteiger charge is 2.44. The Hall–Kier alpha value is -2.90. The van der Waals surface area contributed by atoms with Crippen molar-refractivity contribution in [2.45, 2.75) is 25.8 Å². The van der Waals surface area contributed by atoms with Crippen molar-refractivity contribution in [1.82, 2.24) is 9.80 Å². The monoisotopic (exact) mass is 424 g/mol. The highest BCUT2D eigenvalue weighted by Crippen LogP contribution is 2.39. The topological polar surface area (TPSA) is 83.2 Å². The largest absolute Gasteiger partial charge is 0.503 e. The van der Waals surface area contributed by atoms with Gasteiger partial charge in [-0.15, -0.1) is 0 Å². The molecule has 1 N–H and O–H groups in total. The number of benzene rings is 1. The minimum Gasteiger partial charge on any atom is -0.503 e. The number of furan rings is 1. The molecular weight excluding hydrogens is 396 g/mol. The fourth-order valence-corrected chi connectivity index (χ4v) is 4.23. The maximum Gasteiger partial charge on any atom is 0.290 e. The number of carbonyl (C=O) groups excluding carboxylic acids is 2. The third kappa shape index (κ3) is 4.43. The Balaban J connectivity index is 1.59. The first-order chi connectivity index (χ1) is 15.1. The molecule has 2 aromatic rings. The van der Waals surface area contributed by atoms with Crippen LogP contribution in [0, 0.1) is 0 Å². The van der Waals surface area contributed by atoms with Gasteiger partial charge in [0.1, 0.15) is 0 Å².